The largest absolute Gasteiger partial charge is 0.465 e. The maximum atomic E-state index is 12.5. The number of para-hydroxylation sites is 2. The molecule has 0 saturated carbocycles. The Morgan fingerprint density at radius 1 is 0.963 bits per heavy atom. The molecule has 0 N–H and O–H groups in total. The van der Waals surface area contributed by atoms with Crippen LogP contribution in [0.5, 0.6) is 0 Å². The third-order valence-electron chi connectivity index (χ3n) is 4.80. The lowest BCUT2D eigenvalue weighted by molar-refractivity contribution is 0.0592. The van der Waals surface area contributed by atoms with Crippen molar-refractivity contribution >= 4 is 34.3 Å². The van der Waals surface area contributed by atoms with Gasteiger partial charge in [0.1, 0.15) is 5.82 Å². The summed E-state index contributed by atoms with van der Waals surface area (Å²) in [7, 11) is 2.74. The quantitative estimate of drug-likeness (QED) is 0.664. The van der Waals surface area contributed by atoms with E-state index in [0.29, 0.717) is 41.1 Å². The molecule has 2 aromatic carbocycles. The van der Waals surface area contributed by atoms with Gasteiger partial charge < -0.3 is 14.4 Å². The molecule has 4 rings (SSSR count). The molecule has 1 aliphatic heterocycles. The molecule has 27 heavy (non-hydrogen) atoms. The first-order valence-corrected chi connectivity index (χ1v) is 8.60. The summed E-state index contributed by atoms with van der Waals surface area (Å²) in [6, 6.07) is 14.7. The van der Waals surface area contributed by atoms with Crippen LogP contribution in [0.4, 0.5) is 11.5 Å². The number of pyridine rings is 1. The number of benzene rings is 2. The first-order valence-electron chi connectivity index (χ1n) is 8.60. The number of carbonyl (C=O) groups excluding carboxylic acids is 2. The molecule has 136 valence electrons. The average molecular weight is 362 g/mol. The zero-order valence-corrected chi connectivity index (χ0v) is 15.1. The van der Waals surface area contributed by atoms with Crippen LogP contribution in [0, 0.1) is 0 Å². The Bertz CT molecular complexity index is 1060. The van der Waals surface area contributed by atoms with Gasteiger partial charge >= 0.3 is 11.9 Å². The second kappa shape index (κ2) is 6.72. The van der Waals surface area contributed by atoms with E-state index in [4.69, 9.17) is 14.5 Å². The smallest absolute Gasteiger partial charge is 0.339 e. The zero-order valence-electron chi connectivity index (χ0n) is 15.1. The molecule has 0 bridgehead atoms. The van der Waals surface area contributed by atoms with Crippen LogP contribution >= 0.6 is 0 Å². The van der Waals surface area contributed by atoms with Gasteiger partial charge in [-0.2, -0.15) is 0 Å². The van der Waals surface area contributed by atoms with Gasteiger partial charge in [0.2, 0.25) is 0 Å². The molecular formula is C21H18N2O4. The average Bonchev–Trinajstić information content (AvgIpc) is 3.14. The maximum absolute atomic E-state index is 12.5. The van der Waals surface area contributed by atoms with Crippen molar-refractivity contribution in [3.8, 4) is 0 Å². The highest BCUT2D eigenvalue weighted by Crippen LogP contribution is 2.39. The number of rotatable bonds is 3. The fourth-order valence-corrected chi connectivity index (χ4v) is 3.59. The molecule has 0 saturated heterocycles. The van der Waals surface area contributed by atoms with E-state index >= 15 is 0 Å². The number of hydrogen-bond donors (Lipinski definition) is 0. The Hall–Kier alpha value is -3.41. The maximum Gasteiger partial charge on any atom is 0.339 e. The molecule has 6 heteroatoms. The van der Waals surface area contributed by atoms with Gasteiger partial charge in [-0.25, -0.2) is 14.6 Å². The lowest BCUT2D eigenvalue weighted by Gasteiger charge is -2.21. The molecule has 0 radical (unpaired) electrons. The van der Waals surface area contributed by atoms with Crippen molar-refractivity contribution in [2.24, 2.45) is 0 Å². The third-order valence-corrected chi connectivity index (χ3v) is 4.80. The van der Waals surface area contributed by atoms with Crippen molar-refractivity contribution < 1.29 is 19.1 Å². The van der Waals surface area contributed by atoms with Crippen LogP contribution < -0.4 is 4.90 Å². The summed E-state index contributed by atoms with van der Waals surface area (Å²) in [5, 5.41) is 0.770. The zero-order chi connectivity index (χ0) is 19.0. The van der Waals surface area contributed by atoms with Gasteiger partial charge in [0.25, 0.3) is 0 Å². The Labute approximate surface area is 156 Å². The molecule has 0 fully saturated rings. The molecular weight excluding hydrogens is 344 g/mol. The van der Waals surface area contributed by atoms with Crippen LogP contribution in [0.15, 0.2) is 48.5 Å². The van der Waals surface area contributed by atoms with Crippen molar-refractivity contribution in [2.45, 2.75) is 6.42 Å². The number of anilines is 2. The van der Waals surface area contributed by atoms with Crippen molar-refractivity contribution in [2.75, 3.05) is 25.7 Å². The Balaban J connectivity index is 1.95. The van der Waals surface area contributed by atoms with E-state index in [-0.39, 0.29) is 5.97 Å². The molecule has 6 nitrogen and oxygen atoms in total. The molecule has 0 spiro atoms. The van der Waals surface area contributed by atoms with Crippen LogP contribution in [0.3, 0.4) is 0 Å². The van der Waals surface area contributed by atoms with Crippen LogP contribution in [0.1, 0.15) is 26.3 Å². The summed E-state index contributed by atoms with van der Waals surface area (Å²) < 4.78 is 9.94. The van der Waals surface area contributed by atoms with E-state index in [0.717, 1.165) is 10.9 Å². The van der Waals surface area contributed by atoms with Gasteiger partial charge in [0.05, 0.1) is 36.6 Å². The van der Waals surface area contributed by atoms with Crippen molar-refractivity contribution in [3.05, 3.63) is 65.2 Å². The third kappa shape index (κ3) is 2.70. The Morgan fingerprint density at radius 3 is 2.44 bits per heavy atom. The number of aromatic nitrogens is 1. The standard InChI is InChI=1S/C21H18N2O4/c1-26-20(24)14-8-4-6-10-17(14)23-12-11-15-18(21(25)27-2)13-7-3-5-9-16(13)22-19(15)23/h3-10H,11-12H2,1-2H3. The first kappa shape index (κ1) is 17.0. The lowest BCUT2D eigenvalue weighted by Crippen LogP contribution is -2.18. The number of hydrogen-bond acceptors (Lipinski definition) is 6. The van der Waals surface area contributed by atoms with E-state index in [1.807, 2.05) is 41.3 Å². The summed E-state index contributed by atoms with van der Waals surface area (Å²) in [5.74, 6) is -0.119. The SMILES string of the molecule is COC(=O)c1ccccc1N1CCc2c1nc1ccccc1c2C(=O)OC. The highest BCUT2D eigenvalue weighted by Gasteiger charge is 2.31. The van der Waals surface area contributed by atoms with Crippen LogP contribution in [-0.2, 0) is 15.9 Å². The fourth-order valence-electron chi connectivity index (χ4n) is 3.59. The molecule has 0 aliphatic carbocycles. The molecule has 1 aromatic heterocycles. The summed E-state index contributed by atoms with van der Waals surface area (Å²) in [4.78, 5) is 31.4. The van der Waals surface area contributed by atoms with Crippen LogP contribution in [-0.4, -0.2) is 37.7 Å². The fraction of sp³-hybridized carbons (Fsp3) is 0.190. The predicted molar refractivity (Wildman–Crippen MR) is 102 cm³/mol. The van der Waals surface area contributed by atoms with Gasteiger partial charge in [-0.3, -0.25) is 0 Å². The highest BCUT2D eigenvalue weighted by atomic mass is 16.5. The normalized spacial score (nSPS) is 12.7. The summed E-state index contributed by atoms with van der Waals surface area (Å²) in [6.07, 6.45) is 0.632. The first-order chi connectivity index (χ1) is 13.2. The van der Waals surface area contributed by atoms with E-state index in [2.05, 4.69) is 0 Å². The monoisotopic (exact) mass is 362 g/mol. The number of methoxy groups -OCH3 is 2. The summed E-state index contributed by atoms with van der Waals surface area (Å²) >= 11 is 0. The number of carbonyl (C=O) groups is 2. The van der Waals surface area contributed by atoms with Crippen molar-refractivity contribution in [1.29, 1.82) is 0 Å². The summed E-state index contributed by atoms with van der Waals surface area (Å²) in [6.45, 7) is 0.608. The number of esters is 2. The minimum absolute atomic E-state index is 0.382. The second-order valence-electron chi connectivity index (χ2n) is 6.21. The van der Waals surface area contributed by atoms with Crippen molar-refractivity contribution in [3.63, 3.8) is 0 Å². The highest BCUT2D eigenvalue weighted by molar-refractivity contribution is 6.07. The Kier molecular flexibility index (Phi) is 4.24. The van der Waals surface area contributed by atoms with E-state index in [9.17, 15) is 9.59 Å². The molecule has 0 unspecified atom stereocenters. The number of fused-ring (bicyclic) bond motifs is 2. The summed E-state index contributed by atoms with van der Waals surface area (Å²) in [5.41, 5.74) is 3.25. The van der Waals surface area contributed by atoms with Gasteiger partial charge in [0.15, 0.2) is 0 Å². The molecule has 0 atom stereocenters. The minimum Gasteiger partial charge on any atom is -0.465 e. The molecule has 0 amide bonds. The van der Waals surface area contributed by atoms with E-state index < -0.39 is 5.97 Å². The predicted octanol–water partition coefficient (Wildman–Crippen LogP) is 3.50. The molecule has 1 aliphatic rings. The van der Waals surface area contributed by atoms with Gasteiger partial charge in [-0.15, -0.1) is 0 Å². The lowest BCUT2D eigenvalue weighted by atomic mass is 10.0. The second-order valence-corrected chi connectivity index (χ2v) is 6.21. The molecule has 2 heterocycles. The minimum atomic E-state index is -0.409. The van der Waals surface area contributed by atoms with Crippen LogP contribution in [0.25, 0.3) is 10.9 Å². The van der Waals surface area contributed by atoms with E-state index in [1.165, 1.54) is 14.2 Å². The molecule has 3 aromatic rings. The van der Waals surface area contributed by atoms with Crippen LogP contribution in [0.2, 0.25) is 0 Å². The van der Waals surface area contributed by atoms with E-state index in [1.54, 1.807) is 12.1 Å². The topological polar surface area (TPSA) is 68.7 Å². The number of ether oxygens (including phenoxy) is 2. The van der Waals surface area contributed by atoms with Gasteiger partial charge in [0, 0.05) is 17.5 Å². The van der Waals surface area contributed by atoms with Crippen molar-refractivity contribution in [1.82, 2.24) is 4.98 Å². The van der Waals surface area contributed by atoms with Gasteiger partial charge in [-0.1, -0.05) is 30.3 Å². The van der Waals surface area contributed by atoms with Gasteiger partial charge in [-0.05, 0) is 24.6 Å². The Morgan fingerprint density at radius 2 is 1.67 bits per heavy atom. The number of nitrogens with zero attached hydrogens (tertiary/aromatic N) is 2.